The SMILES string of the molecule is CC(C)(C)NCc1cc(-c2ccccc2OC(F)F)on1. The molecule has 4 nitrogen and oxygen atoms in total. The lowest BCUT2D eigenvalue weighted by Gasteiger charge is -2.19. The summed E-state index contributed by atoms with van der Waals surface area (Å²) in [5, 5.41) is 7.21. The van der Waals surface area contributed by atoms with Crippen molar-refractivity contribution in [2.45, 2.75) is 39.5 Å². The quantitative estimate of drug-likeness (QED) is 0.911. The van der Waals surface area contributed by atoms with Crippen molar-refractivity contribution < 1.29 is 18.0 Å². The van der Waals surface area contributed by atoms with Gasteiger partial charge in [-0.05, 0) is 32.9 Å². The minimum absolute atomic E-state index is 0.0458. The summed E-state index contributed by atoms with van der Waals surface area (Å²) in [7, 11) is 0. The number of halogens is 2. The molecule has 0 saturated heterocycles. The van der Waals surface area contributed by atoms with E-state index < -0.39 is 6.61 Å². The first kappa shape index (κ1) is 15.4. The number of benzene rings is 1. The first-order valence-corrected chi connectivity index (χ1v) is 6.60. The van der Waals surface area contributed by atoms with Gasteiger partial charge in [-0.2, -0.15) is 8.78 Å². The maximum atomic E-state index is 12.4. The zero-order valence-electron chi connectivity index (χ0n) is 12.2. The Morgan fingerprint density at radius 1 is 1.29 bits per heavy atom. The van der Waals surface area contributed by atoms with Crippen molar-refractivity contribution in [1.82, 2.24) is 10.5 Å². The molecular formula is C15H18F2N2O2. The maximum Gasteiger partial charge on any atom is 0.387 e. The molecule has 6 heteroatoms. The molecule has 1 N–H and O–H groups in total. The van der Waals surface area contributed by atoms with Crippen LogP contribution >= 0.6 is 0 Å². The summed E-state index contributed by atoms with van der Waals surface area (Å²) < 4.78 is 34.5. The second-order valence-corrected chi connectivity index (χ2v) is 5.66. The Labute approximate surface area is 122 Å². The molecule has 1 aromatic heterocycles. The molecule has 21 heavy (non-hydrogen) atoms. The van der Waals surface area contributed by atoms with Gasteiger partial charge in [0.2, 0.25) is 0 Å². The van der Waals surface area contributed by atoms with Crippen LogP contribution in [0, 0.1) is 0 Å². The van der Waals surface area contributed by atoms with Crippen molar-refractivity contribution >= 4 is 0 Å². The lowest BCUT2D eigenvalue weighted by molar-refractivity contribution is -0.0495. The van der Waals surface area contributed by atoms with Crippen LogP contribution in [0.25, 0.3) is 11.3 Å². The summed E-state index contributed by atoms with van der Waals surface area (Å²) in [6, 6.07) is 8.19. The van der Waals surface area contributed by atoms with Gasteiger partial charge < -0.3 is 14.6 Å². The van der Waals surface area contributed by atoms with Gasteiger partial charge in [-0.1, -0.05) is 17.3 Å². The fourth-order valence-corrected chi connectivity index (χ4v) is 1.75. The Hall–Kier alpha value is -1.95. The van der Waals surface area contributed by atoms with Crippen LogP contribution in [-0.2, 0) is 6.54 Å². The zero-order valence-corrected chi connectivity index (χ0v) is 12.2. The molecule has 2 rings (SSSR count). The molecule has 0 radical (unpaired) electrons. The third-order valence-corrected chi connectivity index (χ3v) is 2.73. The third kappa shape index (κ3) is 4.53. The van der Waals surface area contributed by atoms with Crippen molar-refractivity contribution in [3.63, 3.8) is 0 Å². The molecule has 1 aromatic carbocycles. The van der Waals surface area contributed by atoms with Gasteiger partial charge in [-0.15, -0.1) is 0 Å². The number of hydrogen-bond donors (Lipinski definition) is 1. The molecule has 0 atom stereocenters. The highest BCUT2D eigenvalue weighted by atomic mass is 19.3. The van der Waals surface area contributed by atoms with E-state index in [4.69, 9.17) is 4.52 Å². The second kappa shape index (κ2) is 6.22. The molecule has 1 heterocycles. The number of rotatable bonds is 5. The minimum atomic E-state index is -2.88. The van der Waals surface area contributed by atoms with E-state index >= 15 is 0 Å². The molecule has 0 bridgehead atoms. The standard InChI is InChI=1S/C15H18F2N2O2/c1-15(2,3)18-9-10-8-13(21-19-10)11-6-4-5-7-12(11)20-14(16)17/h4-8,14,18H,9H2,1-3H3. The first-order valence-electron chi connectivity index (χ1n) is 6.60. The zero-order chi connectivity index (χ0) is 15.5. The Kier molecular flexibility index (Phi) is 4.57. The van der Waals surface area contributed by atoms with Gasteiger partial charge in [-0.3, -0.25) is 0 Å². The van der Waals surface area contributed by atoms with Crippen LogP contribution in [0.2, 0.25) is 0 Å². The highest BCUT2D eigenvalue weighted by Crippen LogP contribution is 2.31. The largest absolute Gasteiger partial charge is 0.434 e. The number of aromatic nitrogens is 1. The third-order valence-electron chi connectivity index (χ3n) is 2.73. The fourth-order valence-electron chi connectivity index (χ4n) is 1.75. The van der Waals surface area contributed by atoms with Gasteiger partial charge in [0, 0.05) is 18.2 Å². The molecular weight excluding hydrogens is 278 g/mol. The topological polar surface area (TPSA) is 47.3 Å². The summed E-state index contributed by atoms with van der Waals surface area (Å²) in [6.45, 7) is 3.78. The van der Waals surface area contributed by atoms with Crippen molar-refractivity contribution in [3.8, 4) is 17.1 Å². The van der Waals surface area contributed by atoms with E-state index in [2.05, 4.69) is 15.2 Å². The molecule has 0 fully saturated rings. The fraction of sp³-hybridized carbons (Fsp3) is 0.400. The van der Waals surface area contributed by atoms with Crippen LogP contribution in [0.5, 0.6) is 5.75 Å². The Bertz CT molecular complexity index is 591. The summed E-state index contributed by atoms with van der Waals surface area (Å²) >= 11 is 0. The van der Waals surface area contributed by atoms with Crippen LogP contribution in [-0.4, -0.2) is 17.3 Å². The average molecular weight is 296 g/mol. The van der Waals surface area contributed by atoms with E-state index in [-0.39, 0.29) is 11.3 Å². The second-order valence-electron chi connectivity index (χ2n) is 5.66. The number of ether oxygens (including phenoxy) is 1. The minimum Gasteiger partial charge on any atom is -0.434 e. The number of nitrogens with one attached hydrogen (secondary N) is 1. The van der Waals surface area contributed by atoms with E-state index in [1.165, 1.54) is 6.07 Å². The molecule has 0 amide bonds. The Balaban J connectivity index is 2.18. The van der Waals surface area contributed by atoms with Crippen LogP contribution in [0.15, 0.2) is 34.9 Å². The number of hydrogen-bond acceptors (Lipinski definition) is 4. The average Bonchev–Trinajstić information content (AvgIpc) is 2.84. The summed E-state index contributed by atoms with van der Waals surface area (Å²) in [5.41, 5.74) is 1.11. The monoisotopic (exact) mass is 296 g/mol. The lowest BCUT2D eigenvalue weighted by Crippen LogP contribution is -2.35. The Morgan fingerprint density at radius 3 is 2.67 bits per heavy atom. The van der Waals surface area contributed by atoms with Crippen molar-refractivity contribution in [2.75, 3.05) is 0 Å². The molecule has 0 unspecified atom stereocenters. The van der Waals surface area contributed by atoms with Crippen LogP contribution in [0.3, 0.4) is 0 Å². The van der Waals surface area contributed by atoms with E-state index in [1.54, 1.807) is 24.3 Å². The van der Waals surface area contributed by atoms with Crippen LogP contribution in [0.4, 0.5) is 8.78 Å². The molecule has 0 aliphatic carbocycles. The van der Waals surface area contributed by atoms with E-state index in [0.29, 0.717) is 23.6 Å². The molecule has 114 valence electrons. The van der Waals surface area contributed by atoms with Gasteiger partial charge in [0.15, 0.2) is 5.76 Å². The highest BCUT2D eigenvalue weighted by Gasteiger charge is 2.16. The summed E-state index contributed by atoms with van der Waals surface area (Å²) in [6.07, 6.45) is 0. The highest BCUT2D eigenvalue weighted by molar-refractivity contribution is 5.65. The van der Waals surface area contributed by atoms with E-state index in [1.807, 2.05) is 20.8 Å². The van der Waals surface area contributed by atoms with Crippen LogP contribution in [0.1, 0.15) is 26.5 Å². The molecule has 0 spiro atoms. The Morgan fingerprint density at radius 2 is 2.00 bits per heavy atom. The first-order chi connectivity index (χ1) is 9.85. The van der Waals surface area contributed by atoms with Crippen molar-refractivity contribution in [3.05, 3.63) is 36.0 Å². The molecule has 0 aliphatic rings. The van der Waals surface area contributed by atoms with Gasteiger partial charge in [0.1, 0.15) is 5.75 Å². The predicted molar refractivity (Wildman–Crippen MR) is 75.2 cm³/mol. The number of alkyl halides is 2. The summed E-state index contributed by atoms with van der Waals surface area (Å²) in [4.78, 5) is 0. The maximum absolute atomic E-state index is 12.4. The van der Waals surface area contributed by atoms with Gasteiger partial charge in [-0.25, -0.2) is 0 Å². The normalized spacial score (nSPS) is 11.9. The van der Waals surface area contributed by atoms with Crippen LogP contribution < -0.4 is 10.1 Å². The molecule has 2 aromatic rings. The van der Waals surface area contributed by atoms with Crippen molar-refractivity contribution in [2.24, 2.45) is 0 Å². The van der Waals surface area contributed by atoms with Gasteiger partial charge in [0.05, 0.1) is 11.3 Å². The van der Waals surface area contributed by atoms with Crippen molar-refractivity contribution in [1.29, 1.82) is 0 Å². The number of para-hydroxylation sites is 1. The van der Waals surface area contributed by atoms with Gasteiger partial charge >= 0.3 is 6.61 Å². The number of nitrogens with zero attached hydrogens (tertiary/aromatic N) is 1. The molecule has 0 aliphatic heterocycles. The predicted octanol–water partition coefficient (Wildman–Crippen LogP) is 3.83. The lowest BCUT2D eigenvalue weighted by atomic mass is 10.1. The molecule has 0 saturated carbocycles. The summed E-state index contributed by atoms with van der Waals surface area (Å²) in [5.74, 6) is 0.468. The smallest absolute Gasteiger partial charge is 0.387 e. The van der Waals surface area contributed by atoms with Gasteiger partial charge in [0.25, 0.3) is 0 Å². The van der Waals surface area contributed by atoms with E-state index in [0.717, 1.165) is 0 Å². The van der Waals surface area contributed by atoms with E-state index in [9.17, 15) is 8.78 Å².